The van der Waals surface area contributed by atoms with E-state index in [1.807, 2.05) is 25.1 Å². The lowest BCUT2D eigenvalue weighted by Gasteiger charge is -2.10. The molecule has 0 bridgehead atoms. The summed E-state index contributed by atoms with van der Waals surface area (Å²) in [5.74, 6) is 0. The highest BCUT2D eigenvalue weighted by Gasteiger charge is 2.14. The molecular formula is C11H10ClNOS. The largest absolute Gasteiger partial charge is 0.383 e. The first-order valence-electron chi connectivity index (χ1n) is 4.53. The number of hydrogen-bond acceptors (Lipinski definition) is 3. The minimum absolute atomic E-state index is 0.629. The molecule has 4 heteroatoms. The normalized spacial score (nSPS) is 12.7. The van der Waals surface area contributed by atoms with Gasteiger partial charge in [0.1, 0.15) is 6.10 Å². The number of rotatable bonds is 2. The van der Waals surface area contributed by atoms with Crippen molar-refractivity contribution in [2.24, 2.45) is 0 Å². The summed E-state index contributed by atoms with van der Waals surface area (Å²) in [6, 6.07) is 7.32. The molecular weight excluding hydrogens is 230 g/mol. The zero-order valence-corrected chi connectivity index (χ0v) is 9.72. The van der Waals surface area contributed by atoms with Crippen molar-refractivity contribution in [3.05, 3.63) is 50.9 Å². The second-order valence-electron chi connectivity index (χ2n) is 3.22. The Balaban J connectivity index is 2.36. The third-order valence-corrected chi connectivity index (χ3v) is 3.49. The summed E-state index contributed by atoms with van der Waals surface area (Å²) in [6.07, 6.45) is 1.09. The lowest BCUT2D eigenvalue weighted by molar-refractivity contribution is 0.223. The Hall–Kier alpha value is -0.900. The van der Waals surface area contributed by atoms with Crippen LogP contribution in [0.3, 0.4) is 0 Å². The minimum atomic E-state index is -0.629. The average molecular weight is 240 g/mol. The van der Waals surface area contributed by atoms with Crippen molar-refractivity contribution in [2.75, 3.05) is 0 Å². The Morgan fingerprint density at radius 3 is 2.80 bits per heavy atom. The molecule has 0 amide bonds. The molecule has 0 aromatic carbocycles. The Bertz CT molecular complexity index is 469. The van der Waals surface area contributed by atoms with Crippen LogP contribution in [0.25, 0.3) is 0 Å². The van der Waals surface area contributed by atoms with E-state index in [0.717, 1.165) is 16.1 Å². The highest BCUT2D eigenvalue weighted by atomic mass is 35.5. The van der Waals surface area contributed by atoms with E-state index in [-0.39, 0.29) is 0 Å². The summed E-state index contributed by atoms with van der Waals surface area (Å²) in [7, 11) is 0. The molecule has 0 saturated heterocycles. The van der Waals surface area contributed by atoms with Gasteiger partial charge in [-0.05, 0) is 25.1 Å². The molecule has 0 aliphatic heterocycles. The zero-order chi connectivity index (χ0) is 10.8. The maximum absolute atomic E-state index is 10.1. The molecule has 1 unspecified atom stereocenters. The third-order valence-electron chi connectivity index (χ3n) is 2.21. The zero-order valence-electron chi connectivity index (χ0n) is 8.14. The van der Waals surface area contributed by atoms with Gasteiger partial charge in [0, 0.05) is 22.3 Å². The van der Waals surface area contributed by atoms with Gasteiger partial charge in [0.15, 0.2) is 0 Å². The van der Waals surface area contributed by atoms with E-state index in [1.165, 1.54) is 11.3 Å². The number of aryl methyl sites for hydroxylation is 1. The molecule has 0 aliphatic carbocycles. The summed E-state index contributed by atoms with van der Waals surface area (Å²) in [4.78, 5) is 4.99. The summed E-state index contributed by atoms with van der Waals surface area (Å²) >= 11 is 7.21. The van der Waals surface area contributed by atoms with E-state index in [0.29, 0.717) is 4.34 Å². The summed E-state index contributed by atoms with van der Waals surface area (Å²) in [6.45, 7) is 1.88. The lowest BCUT2D eigenvalue weighted by Crippen LogP contribution is -2.00. The number of hydrogen-bond donors (Lipinski definition) is 1. The number of halogens is 1. The molecule has 0 aliphatic rings. The molecule has 1 atom stereocenters. The van der Waals surface area contributed by atoms with Crippen molar-refractivity contribution in [1.29, 1.82) is 0 Å². The van der Waals surface area contributed by atoms with E-state index in [4.69, 9.17) is 11.6 Å². The molecule has 1 N–H and O–H groups in total. The van der Waals surface area contributed by atoms with Crippen LogP contribution < -0.4 is 0 Å². The minimum Gasteiger partial charge on any atom is -0.383 e. The van der Waals surface area contributed by atoms with Crippen LogP contribution >= 0.6 is 22.9 Å². The molecule has 2 aromatic rings. The van der Waals surface area contributed by atoms with E-state index < -0.39 is 6.10 Å². The first-order chi connectivity index (χ1) is 7.18. The van der Waals surface area contributed by atoms with Crippen molar-refractivity contribution in [3.8, 4) is 0 Å². The number of aromatic nitrogens is 1. The van der Waals surface area contributed by atoms with Gasteiger partial charge < -0.3 is 5.11 Å². The number of aliphatic hydroxyl groups excluding tert-OH is 1. The van der Waals surface area contributed by atoms with Gasteiger partial charge in [0.25, 0.3) is 0 Å². The standard InChI is InChI=1S/C11H10ClNOS/c1-7-8(3-2-6-13-7)11(14)9-4-5-10(12)15-9/h2-6,11,14H,1H3. The topological polar surface area (TPSA) is 33.1 Å². The van der Waals surface area contributed by atoms with Crippen LogP contribution in [0, 0.1) is 6.92 Å². The molecule has 0 saturated carbocycles. The number of pyridine rings is 1. The summed E-state index contributed by atoms with van der Waals surface area (Å²) < 4.78 is 0.686. The van der Waals surface area contributed by atoms with E-state index in [1.54, 1.807) is 12.3 Å². The van der Waals surface area contributed by atoms with Crippen molar-refractivity contribution < 1.29 is 5.11 Å². The number of aliphatic hydroxyl groups is 1. The molecule has 0 spiro atoms. The van der Waals surface area contributed by atoms with E-state index >= 15 is 0 Å². The van der Waals surface area contributed by atoms with Gasteiger partial charge in [0.2, 0.25) is 0 Å². The molecule has 0 radical (unpaired) electrons. The molecule has 0 fully saturated rings. The van der Waals surface area contributed by atoms with Crippen LogP contribution in [-0.4, -0.2) is 10.1 Å². The highest BCUT2D eigenvalue weighted by Crippen LogP contribution is 2.31. The van der Waals surface area contributed by atoms with Gasteiger partial charge in [-0.2, -0.15) is 0 Å². The van der Waals surface area contributed by atoms with Crippen LogP contribution in [0.15, 0.2) is 30.5 Å². The molecule has 2 nitrogen and oxygen atoms in total. The molecule has 2 aromatic heterocycles. The maximum atomic E-state index is 10.1. The van der Waals surface area contributed by atoms with Crippen LogP contribution in [0.5, 0.6) is 0 Å². The monoisotopic (exact) mass is 239 g/mol. The second kappa shape index (κ2) is 4.31. The van der Waals surface area contributed by atoms with Crippen LogP contribution in [0.2, 0.25) is 4.34 Å². The Labute approximate surface area is 97.2 Å². The van der Waals surface area contributed by atoms with E-state index in [9.17, 15) is 5.11 Å². The van der Waals surface area contributed by atoms with Crippen molar-refractivity contribution in [2.45, 2.75) is 13.0 Å². The molecule has 2 heterocycles. The third kappa shape index (κ3) is 2.20. The highest BCUT2D eigenvalue weighted by molar-refractivity contribution is 7.16. The van der Waals surface area contributed by atoms with Gasteiger partial charge >= 0.3 is 0 Å². The predicted molar refractivity (Wildman–Crippen MR) is 62.4 cm³/mol. The number of nitrogens with zero attached hydrogens (tertiary/aromatic N) is 1. The summed E-state index contributed by atoms with van der Waals surface area (Å²) in [5, 5.41) is 10.1. The fraction of sp³-hybridized carbons (Fsp3) is 0.182. The van der Waals surface area contributed by atoms with Gasteiger partial charge in [0.05, 0.1) is 4.34 Å². The van der Waals surface area contributed by atoms with Gasteiger partial charge in [-0.25, -0.2) is 0 Å². The molecule has 78 valence electrons. The predicted octanol–water partition coefficient (Wildman–Crippen LogP) is 3.19. The van der Waals surface area contributed by atoms with Gasteiger partial charge in [-0.15, -0.1) is 11.3 Å². The first kappa shape index (κ1) is 10.6. The Kier molecular flexibility index (Phi) is 3.05. The maximum Gasteiger partial charge on any atom is 0.115 e. The quantitative estimate of drug-likeness (QED) is 0.873. The molecule has 15 heavy (non-hydrogen) atoms. The lowest BCUT2D eigenvalue weighted by atomic mass is 10.1. The fourth-order valence-corrected chi connectivity index (χ4v) is 2.48. The van der Waals surface area contributed by atoms with Crippen LogP contribution in [0.1, 0.15) is 22.2 Å². The Morgan fingerprint density at radius 1 is 1.40 bits per heavy atom. The Morgan fingerprint density at radius 2 is 2.20 bits per heavy atom. The van der Waals surface area contributed by atoms with E-state index in [2.05, 4.69) is 4.98 Å². The van der Waals surface area contributed by atoms with Crippen molar-refractivity contribution in [1.82, 2.24) is 4.98 Å². The van der Waals surface area contributed by atoms with Crippen molar-refractivity contribution >= 4 is 22.9 Å². The van der Waals surface area contributed by atoms with Gasteiger partial charge in [-0.1, -0.05) is 17.7 Å². The SMILES string of the molecule is Cc1ncccc1C(O)c1ccc(Cl)s1. The van der Waals surface area contributed by atoms with Crippen LogP contribution in [-0.2, 0) is 0 Å². The smallest absolute Gasteiger partial charge is 0.115 e. The fourth-order valence-electron chi connectivity index (χ4n) is 1.41. The first-order valence-corrected chi connectivity index (χ1v) is 5.73. The molecule has 2 rings (SSSR count). The van der Waals surface area contributed by atoms with Crippen molar-refractivity contribution in [3.63, 3.8) is 0 Å². The summed E-state index contributed by atoms with van der Waals surface area (Å²) in [5.41, 5.74) is 1.67. The number of thiophene rings is 1. The van der Waals surface area contributed by atoms with Gasteiger partial charge in [-0.3, -0.25) is 4.98 Å². The second-order valence-corrected chi connectivity index (χ2v) is 4.97. The van der Waals surface area contributed by atoms with Crippen LogP contribution in [0.4, 0.5) is 0 Å². The average Bonchev–Trinajstić information content (AvgIpc) is 2.65.